The molecule has 0 fully saturated rings. The molecule has 0 saturated heterocycles. The van der Waals surface area contributed by atoms with Crippen molar-refractivity contribution in [2.75, 3.05) is 5.33 Å². The van der Waals surface area contributed by atoms with Crippen LogP contribution in [0.2, 0.25) is 0 Å². The molecule has 2 nitrogen and oxygen atoms in total. The Labute approximate surface area is 89.6 Å². The second-order valence-corrected chi connectivity index (χ2v) is 4.45. The summed E-state index contributed by atoms with van der Waals surface area (Å²) in [5.74, 6) is 0.683. The van der Waals surface area contributed by atoms with Crippen molar-refractivity contribution in [3.05, 3.63) is 0 Å². The SMILES string of the molecule is CCC(CBr)NC(=O)C(C)C(C)C. The number of nitrogens with one attached hydrogen (secondary N) is 1. The van der Waals surface area contributed by atoms with Crippen LogP contribution in [0, 0.1) is 11.8 Å². The Bertz CT molecular complexity index is 155. The molecule has 0 spiro atoms. The highest BCUT2D eigenvalue weighted by atomic mass is 79.9. The molecule has 0 aromatic heterocycles. The Morgan fingerprint density at radius 1 is 1.38 bits per heavy atom. The highest BCUT2D eigenvalue weighted by Gasteiger charge is 2.18. The van der Waals surface area contributed by atoms with Crippen LogP contribution in [0.1, 0.15) is 34.1 Å². The van der Waals surface area contributed by atoms with E-state index < -0.39 is 0 Å². The maximum atomic E-state index is 11.6. The quantitative estimate of drug-likeness (QED) is 0.746. The van der Waals surface area contributed by atoms with Gasteiger partial charge in [0.2, 0.25) is 5.91 Å². The number of hydrogen-bond donors (Lipinski definition) is 1. The van der Waals surface area contributed by atoms with Crippen LogP contribution in [0.4, 0.5) is 0 Å². The van der Waals surface area contributed by atoms with E-state index in [0.717, 1.165) is 11.8 Å². The summed E-state index contributed by atoms with van der Waals surface area (Å²) in [4.78, 5) is 11.6. The molecule has 0 aromatic rings. The van der Waals surface area contributed by atoms with Crippen molar-refractivity contribution in [2.45, 2.75) is 40.2 Å². The van der Waals surface area contributed by atoms with Crippen molar-refractivity contribution >= 4 is 21.8 Å². The van der Waals surface area contributed by atoms with Gasteiger partial charge >= 0.3 is 0 Å². The molecule has 0 rings (SSSR count). The molecule has 0 bridgehead atoms. The van der Waals surface area contributed by atoms with Crippen LogP contribution >= 0.6 is 15.9 Å². The predicted octanol–water partition coefficient (Wildman–Crippen LogP) is 2.57. The summed E-state index contributed by atoms with van der Waals surface area (Å²) in [6.45, 7) is 8.19. The minimum absolute atomic E-state index is 0.105. The molecule has 0 aliphatic rings. The van der Waals surface area contributed by atoms with Crippen LogP contribution in [0.15, 0.2) is 0 Å². The van der Waals surface area contributed by atoms with E-state index in [-0.39, 0.29) is 17.9 Å². The van der Waals surface area contributed by atoms with Gasteiger partial charge in [-0.15, -0.1) is 0 Å². The fourth-order valence-electron chi connectivity index (χ4n) is 0.885. The van der Waals surface area contributed by atoms with Gasteiger partial charge in [-0.05, 0) is 12.3 Å². The number of rotatable bonds is 5. The molecule has 0 aromatic carbocycles. The summed E-state index contributed by atoms with van der Waals surface area (Å²) < 4.78 is 0. The predicted molar refractivity (Wildman–Crippen MR) is 60.0 cm³/mol. The van der Waals surface area contributed by atoms with E-state index in [0.29, 0.717) is 5.92 Å². The normalized spacial score (nSPS) is 15.5. The average molecular weight is 250 g/mol. The van der Waals surface area contributed by atoms with Gasteiger partial charge in [-0.1, -0.05) is 43.6 Å². The van der Waals surface area contributed by atoms with Crippen LogP contribution in [0.25, 0.3) is 0 Å². The molecule has 2 atom stereocenters. The first-order valence-corrected chi connectivity index (χ1v) is 6.01. The lowest BCUT2D eigenvalue weighted by Crippen LogP contribution is -2.40. The third-order valence-electron chi connectivity index (χ3n) is 2.44. The summed E-state index contributed by atoms with van der Waals surface area (Å²) in [6, 6.07) is 0.272. The zero-order valence-corrected chi connectivity index (χ0v) is 10.5. The van der Waals surface area contributed by atoms with Crippen molar-refractivity contribution in [3.63, 3.8) is 0 Å². The Kier molecular flexibility index (Phi) is 6.39. The summed E-state index contributed by atoms with van der Waals surface area (Å²) in [6.07, 6.45) is 0.974. The van der Waals surface area contributed by atoms with Gasteiger partial charge in [-0.2, -0.15) is 0 Å². The van der Waals surface area contributed by atoms with Crippen molar-refractivity contribution in [2.24, 2.45) is 11.8 Å². The first kappa shape index (κ1) is 12.9. The molecule has 0 heterocycles. The Morgan fingerprint density at radius 3 is 2.23 bits per heavy atom. The number of alkyl halides is 1. The lowest BCUT2D eigenvalue weighted by molar-refractivity contribution is -0.126. The van der Waals surface area contributed by atoms with Gasteiger partial charge in [0.1, 0.15) is 0 Å². The van der Waals surface area contributed by atoms with E-state index in [9.17, 15) is 4.79 Å². The second kappa shape index (κ2) is 6.41. The molecular formula is C10H20BrNO. The fraction of sp³-hybridized carbons (Fsp3) is 0.900. The van der Waals surface area contributed by atoms with Gasteiger partial charge in [0.15, 0.2) is 0 Å². The van der Waals surface area contributed by atoms with Gasteiger partial charge in [0.25, 0.3) is 0 Å². The smallest absolute Gasteiger partial charge is 0.223 e. The number of amides is 1. The number of halogens is 1. The minimum Gasteiger partial charge on any atom is -0.352 e. The summed E-state index contributed by atoms with van der Waals surface area (Å²) in [5.41, 5.74) is 0. The number of carbonyl (C=O) groups is 1. The van der Waals surface area contributed by atoms with Gasteiger partial charge < -0.3 is 5.32 Å². The largest absolute Gasteiger partial charge is 0.352 e. The third kappa shape index (κ3) is 4.65. The molecule has 2 unspecified atom stereocenters. The fourth-order valence-corrected chi connectivity index (χ4v) is 1.50. The molecule has 0 radical (unpaired) electrons. The second-order valence-electron chi connectivity index (χ2n) is 3.80. The summed E-state index contributed by atoms with van der Waals surface area (Å²) >= 11 is 3.38. The molecule has 0 saturated carbocycles. The van der Waals surface area contributed by atoms with Crippen molar-refractivity contribution in [3.8, 4) is 0 Å². The minimum atomic E-state index is 0.105. The molecule has 1 N–H and O–H groups in total. The topological polar surface area (TPSA) is 29.1 Å². The van der Waals surface area contributed by atoms with Crippen molar-refractivity contribution in [1.29, 1.82) is 0 Å². The van der Waals surface area contributed by atoms with E-state index in [1.165, 1.54) is 0 Å². The average Bonchev–Trinajstić information content (AvgIpc) is 2.12. The van der Waals surface area contributed by atoms with Gasteiger partial charge in [0.05, 0.1) is 0 Å². The number of hydrogen-bond acceptors (Lipinski definition) is 1. The van der Waals surface area contributed by atoms with Gasteiger partial charge in [-0.3, -0.25) is 4.79 Å². The summed E-state index contributed by atoms with van der Waals surface area (Å²) in [5, 5.41) is 3.85. The molecule has 0 aliphatic carbocycles. The zero-order valence-electron chi connectivity index (χ0n) is 8.93. The van der Waals surface area contributed by atoms with Gasteiger partial charge in [0, 0.05) is 17.3 Å². The van der Waals surface area contributed by atoms with Crippen LogP contribution in [-0.2, 0) is 4.79 Å². The number of carbonyl (C=O) groups excluding carboxylic acids is 1. The first-order chi connectivity index (χ1) is 6.02. The van der Waals surface area contributed by atoms with Crippen LogP contribution in [0.3, 0.4) is 0 Å². The van der Waals surface area contributed by atoms with Crippen molar-refractivity contribution < 1.29 is 4.79 Å². The monoisotopic (exact) mass is 249 g/mol. The zero-order chi connectivity index (χ0) is 10.4. The van der Waals surface area contributed by atoms with Crippen LogP contribution in [-0.4, -0.2) is 17.3 Å². The summed E-state index contributed by atoms with van der Waals surface area (Å²) in [7, 11) is 0. The molecule has 1 amide bonds. The molecule has 13 heavy (non-hydrogen) atoms. The van der Waals surface area contributed by atoms with E-state index in [2.05, 4.69) is 42.0 Å². The first-order valence-electron chi connectivity index (χ1n) is 4.89. The van der Waals surface area contributed by atoms with Crippen molar-refractivity contribution in [1.82, 2.24) is 5.32 Å². The standard InChI is InChI=1S/C10H20BrNO/c1-5-9(6-11)12-10(13)8(4)7(2)3/h7-9H,5-6H2,1-4H3,(H,12,13). The van der Waals surface area contributed by atoms with E-state index in [4.69, 9.17) is 0 Å². The molecule has 3 heteroatoms. The maximum Gasteiger partial charge on any atom is 0.223 e. The third-order valence-corrected chi connectivity index (χ3v) is 3.22. The molecule has 78 valence electrons. The van der Waals surface area contributed by atoms with E-state index >= 15 is 0 Å². The van der Waals surface area contributed by atoms with E-state index in [1.54, 1.807) is 0 Å². The lowest BCUT2D eigenvalue weighted by Gasteiger charge is -2.19. The molecular weight excluding hydrogens is 230 g/mol. The van der Waals surface area contributed by atoms with Crippen LogP contribution in [0.5, 0.6) is 0 Å². The van der Waals surface area contributed by atoms with E-state index in [1.807, 2.05) is 6.92 Å². The lowest BCUT2D eigenvalue weighted by atomic mass is 9.97. The maximum absolute atomic E-state index is 11.6. The highest BCUT2D eigenvalue weighted by molar-refractivity contribution is 9.09. The Morgan fingerprint density at radius 2 is 1.92 bits per heavy atom. The van der Waals surface area contributed by atoms with Gasteiger partial charge in [-0.25, -0.2) is 0 Å². The Balaban J connectivity index is 3.98. The Hall–Kier alpha value is -0.0500. The van der Waals surface area contributed by atoms with Crippen LogP contribution < -0.4 is 5.32 Å². The molecule has 0 aliphatic heterocycles. The highest BCUT2D eigenvalue weighted by Crippen LogP contribution is 2.10.